The minimum Gasteiger partial charge on any atom is -0.494 e. The number of nitrogens with one attached hydrogen (secondary N) is 1. The molecule has 1 N–H and O–H groups in total. The topological polar surface area (TPSA) is 64.9 Å². The number of aromatic nitrogens is 2. The van der Waals surface area contributed by atoms with E-state index in [2.05, 4.69) is 10.3 Å². The fourth-order valence-corrected chi connectivity index (χ4v) is 2.87. The number of rotatable bonds is 4. The molecule has 0 bridgehead atoms. The molecule has 1 fully saturated rings. The number of nitrogens with zero attached hydrogens (tertiary/aromatic N) is 2. The first-order chi connectivity index (χ1) is 10.2. The maximum absolute atomic E-state index is 12.0. The SMILES string of the molecule is COC(=O)c1nc(CC2CCNC2)n2cccc(OC)c12. The van der Waals surface area contributed by atoms with E-state index in [-0.39, 0.29) is 0 Å². The molecule has 0 spiro atoms. The number of pyridine rings is 1. The van der Waals surface area contributed by atoms with Crippen LogP contribution in [0.15, 0.2) is 18.3 Å². The first-order valence-electron chi connectivity index (χ1n) is 7.07. The Balaban J connectivity index is 2.09. The number of carbonyl (C=O) groups is 1. The minimum absolute atomic E-state index is 0.316. The van der Waals surface area contributed by atoms with E-state index in [0.29, 0.717) is 22.9 Å². The lowest BCUT2D eigenvalue weighted by atomic mass is 10.0. The number of hydrogen-bond acceptors (Lipinski definition) is 5. The Morgan fingerprint density at radius 3 is 3.05 bits per heavy atom. The van der Waals surface area contributed by atoms with Crippen LogP contribution in [-0.4, -0.2) is 42.7 Å². The van der Waals surface area contributed by atoms with Gasteiger partial charge in [-0.3, -0.25) is 4.40 Å². The molecule has 0 aromatic carbocycles. The number of imidazole rings is 1. The fourth-order valence-electron chi connectivity index (χ4n) is 2.87. The normalized spacial score (nSPS) is 18.1. The summed E-state index contributed by atoms with van der Waals surface area (Å²) < 4.78 is 12.1. The van der Waals surface area contributed by atoms with E-state index in [1.54, 1.807) is 7.11 Å². The van der Waals surface area contributed by atoms with Crippen molar-refractivity contribution in [3.63, 3.8) is 0 Å². The number of carbonyl (C=O) groups excluding carboxylic acids is 1. The van der Waals surface area contributed by atoms with Gasteiger partial charge in [0.2, 0.25) is 0 Å². The second-order valence-corrected chi connectivity index (χ2v) is 5.23. The van der Waals surface area contributed by atoms with Crippen molar-refractivity contribution >= 4 is 11.5 Å². The number of methoxy groups -OCH3 is 2. The van der Waals surface area contributed by atoms with Gasteiger partial charge in [0.25, 0.3) is 0 Å². The third-order valence-electron chi connectivity index (χ3n) is 3.93. The largest absolute Gasteiger partial charge is 0.494 e. The van der Waals surface area contributed by atoms with E-state index in [1.165, 1.54) is 7.11 Å². The molecule has 6 heteroatoms. The minimum atomic E-state index is -0.437. The van der Waals surface area contributed by atoms with Crippen LogP contribution in [0.3, 0.4) is 0 Å². The molecule has 1 saturated heterocycles. The Hall–Kier alpha value is -2.08. The molecule has 1 unspecified atom stereocenters. The summed E-state index contributed by atoms with van der Waals surface area (Å²) in [5, 5.41) is 3.35. The second kappa shape index (κ2) is 5.73. The lowest BCUT2D eigenvalue weighted by Gasteiger charge is -2.08. The highest BCUT2D eigenvalue weighted by Gasteiger charge is 2.24. The Labute approximate surface area is 123 Å². The standard InChI is InChI=1S/C15H19N3O3/c1-20-11-4-3-7-18-12(8-10-5-6-16-9-10)17-13(14(11)18)15(19)21-2/h3-4,7,10,16H,5-6,8-9H2,1-2H3. The van der Waals surface area contributed by atoms with E-state index < -0.39 is 5.97 Å². The number of fused-ring (bicyclic) bond motifs is 1. The van der Waals surface area contributed by atoms with Gasteiger partial charge >= 0.3 is 5.97 Å². The number of hydrogen-bond donors (Lipinski definition) is 1. The van der Waals surface area contributed by atoms with Crippen molar-refractivity contribution in [2.75, 3.05) is 27.3 Å². The molecule has 0 aliphatic carbocycles. The summed E-state index contributed by atoms with van der Waals surface area (Å²) >= 11 is 0. The zero-order valence-corrected chi connectivity index (χ0v) is 12.3. The highest BCUT2D eigenvalue weighted by molar-refractivity contribution is 5.97. The van der Waals surface area contributed by atoms with Crippen molar-refractivity contribution in [1.82, 2.24) is 14.7 Å². The van der Waals surface area contributed by atoms with E-state index in [4.69, 9.17) is 9.47 Å². The Kier molecular flexibility index (Phi) is 3.79. The first-order valence-corrected chi connectivity index (χ1v) is 7.07. The zero-order chi connectivity index (χ0) is 14.8. The smallest absolute Gasteiger partial charge is 0.359 e. The third-order valence-corrected chi connectivity index (χ3v) is 3.93. The van der Waals surface area contributed by atoms with E-state index >= 15 is 0 Å². The highest BCUT2D eigenvalue weighted by atomic mass is 16.5. The molecule has 2 aromatic rings. The summed E-state index contributed by atoms with van der Waals surface area (Å²) in [6.07, 6.45) is 3.87. The summed E-state index contributed by atoms with van der Waals surface area (Å²) in [5.74, 6) is 1.61. The lowest BCUT2D eigenvalue weighted by Crippen LogP contribution is -2.12. The van der Waals surface area contributed by atoms with Crippen LogP contribution in [0.2, 0.25) is 0 Å². The van der Waals surface area contributed by atoms with E-state index in [0.717, 1.165) is 31.8 Å². The predicted molar refractivity (Wildman–Crippen MR) is 77.8 cm³/mol. The van der Waals surface area contributed by atoms with Gasteiger partial charge in [-0.25, -0.2) is 9.78 Å². The molecule has 0 saturated carbocycles. The second-order valence-electron chi connectivity index (χ2n) is 5.23. The average Bonchev–Trinajstić information content (AvgIpc) is 3.15. The van der Waals surface area contributed by atoms with Crippen LogP contribution < -0.4 is 10.1 Å². The van der Waals surface area contributed by atoms with Crippen LogP contribution in [0.25, 0.3) is 5.52 Å². The number of esters is 1. The van der Waals surface area contributed by atoms with Crippen LogP contribution in [-0.2, 0) is 11.2 Å². The molecule has 112 valence electrons. The summed E-state index contributed by atoms with van der Waals surface area (Å²) in [6.45, 7) is 2.04. The maximum Gasteiger partial charge on any atom is 0.359 e. The molecule has 6 nitrogen and oxygen atoms in total. The first kappa shape index (κ1) is 13.9. The Bertz CT molecular complexity index is 659. The molecule has 1 aliphatic heterocycles. The maximum atomic E-state index is 12.0. The van der Waals surface area contributed by atoms with Crippen molar-refractivity contribution in [1.29, 1.82) is 0 Å². The van der Waals surface area contributed by atoms with Gasteiger partial charge < -0.3 is 14.8 Å². The molecule has 0 radical (unpaired) electrons. The molecule has 0 amide bonds. The Morgan fingerprint density at radius 2 is 2.38 bits per heavy atom. The lowest BCUT2D eigenvalue weighted by molar-refractivity contribution is 0.0596. The van der Waals surface area contributed by atoms with Crippen molar-refractivity contribution < 1.29 is 14.3 Å². The van der Waals surface area contributed by atoms with Gasteiger partial charge in [-0.15, -0.1) is 0 Å². The van der Waals surface area contributed by atoms with Crippen molar-refractivity contribution in [3.05, 3.63) is 29.8 Å². The van der Waals surface area contributed by atoms with Crippen molar-refractivity contribution in [2.24, 2.45) is 5.92 Å². The fraction of sp³-hybridized carbons (Fsp3) is 0.467. The van der Waals surface area contributed by atoms with Gasteiger partial charge in [-0.2, -0.15) is 0 Å². The third kappa shape index (κ3) is 2.47. The van der Waals surface area contributed by atoms with Gasteiger partial charge in [0.05, 0.1) is 14.2 Å². The van der Waals surface area contributed by atoms with Crippen LogP contribution in [0.5, 0.6) is 5.75 Å². The van der Waals surface area contributed by atoms with Crippen LogP contribution in [0, 0.1) is 5.92 Å². The quantitative estimate of drug-likeness (QED) is 0.859. The molecule has 2 aromatic heterocycles. The molecular formula is C15H19N3O3. The van der Waals surface area contributed by atoms with Gasteiger partial charge in [0.15, 0.2) is 5.69 Å². The van der Waals surface area contributed by atoms with Crippen LogP contribution >= 0.6 is 0 Å². The summed E-state index contributed by atoms with van der Waals surface area (Å²) in [7, 11) is 2.95. The average molecular weight is 289 g/mol. The summed E-state index contributed by atoms with van der Waals surface area (Å²) in [4.78, 5) is 16.5. The van der Waals surface area contributed by atoms with E-state index in [9.17, 15) is 4.79 Å². The van der Waals surface area contributed by atoms with Gasteiger partial charge in [-0.05, 0) is 37.6 Å². The monoisotopic (exact) mass is 289 g/mol. The van der Waals surface area contributed by atoms with Crippen LogP contribution in [0.4, 0.5) is 0 Å². The zero-order valence-electron chi connectivity index (χ0n) is 12.3. The van der Waals surface area contributed by atoms with Crippen molar-refractivity contribution in [2.45, 2.75) is 12.8 Å². The van der Waals surface area contributed by atoms with Gasteiger partial charge in [0, 0.05) is 12.6 Å². The molecular weight excluding hydrogens is 270 g/mol. The van der Waals surface area contributed by atoms with Gasteiger partial charge in [0.1, 0.15) is 17.1 Å². The molecule has 1 atom stereocenters. The molecule has 3 rings (SSSR count). The summed E-state index contributed by atoms with van der Waals surface area (Å²) in [6, 6.07) is 3.72. The Morgan fingerprint density at radius 1 is 1.52 bits per heavy atom. The number of ether oxygens (including phenoxy) is 2. The molecule has 21 heavy (non-hydrogen) atoms. The highest BCUT2D eigenvalue weighted by Crippen LogP contribution is 2.26. The van der Waals surface area contributed by atoms with Crippen LogP contribution in [0.1, 0.15) is 22.7 Å². The molecule has 1 aliphatic rings. The summed E-state index contributed by atoms with van der Waals surface area (Å²) in [5.41, 5.74) is 0.990. The van der Waals surface area contributed by atoms with Gasteiger partial charge in [-0.1, -0.05) is 0 Å². The predicted octanol–water partition coefficient (Wildman–Crippen LogP) is 1.28. The molecule has 3 heterocycles. The van der Waals surface area contributed by atoms with E-state index in [1.807, 2.05) is 22.7 Å². The van der Waals surface area contributed by atoms with Crippen molar-refractivity contribution in [3.8, 4) is 5.75 Å².